The number of ether oxygens (including phenoxy) is 1. The van der Waals surface area contributed by atoms with E-state index in [0.29, 0.717) is 22.7 Å². The standard InChI is InChI=1S/C17H20N2O2S/c22-17-15(11-18-13-7-3-1-4-8-13)19-16(21-17)12-20-14-9-5-2-6-10-14/h2,5-6,9-11,13,22H,1,3-4,7-8,12H2. The van der Waals surface area contributed by atoms with E-state index >= 15 is 0 Å². The first-order chi connectivity index (χ1) is 10.8. The van der Waals surface area contributed by atoms with E-state index in [1.165, 1.54) is 32.1 Å². The topological polar surface area (TPSA) is 47.6 Å². The number of para-hydroxylation sites is 1. The molecule has 5 heteroatoms. The van der Waals surface area contributed by atoms with E-state index in [1.807, 2.05) is 30.3 Å². The lowest BCUT2D eigenvalue weighted by atomic mass is 9.96. The zero-order valence-corrected chi connectivity index (χ0v) is 13.3. The van der Waals surface area contributed by atoms with Gasteiger partial charge in [-0.3, -0.25) is 4.99 Å². The second-order valence-corrected chi connectivity index (χ2v) is 5.88. The Labute approximate surface area is 136 Å². The molecule has 1 heterocycles. The van der Waals surface area contributed by atoms with Crippen molar-refractivity contribution in [2.45, 2.75) is 49.8 Å². The average molecular weight is 316 g/mol. The molecule has 0 radical (unpaired) electrons. The zero-order chi connectivity index (χ0) is 15.2. The molecule has 0 saturated heterocycles. The smallest absolute Gasteiger partial charge is 0.234 e. The summed E-state index contributed by atoms with van der Waals surface area (Å²) in [5.41, 5.74) is 0.681. The molecule has 0 unspecified atom stereocenters. The molecule has 4 nitrogen and oxygen atoms in total. The Bertz CT molecular complexity index is 619. The van der Waals surface area contributed by atoms with Crippen molar-refractivity contribution in [2.75, 3.05) is 0 Å². The highest BCUT2D eigenvalue weighted by Crippen LogP contribution is 2.21. The van der Waals surface area contributed by atoms with Crippen LogP contribution >= 0.6 is 12.6 Å². The predicted molar refractivity (Wildman–Crippen MR) is 89.0 cm³/mol. The van der Waals surface area contributed by atoms with Gasteiger partial charge in [-0.15, -0.1) is 12.6 Å². The van der Waals surface area contributed by atoms with Crippen LogP contribution in [0, 0.1) is 0 Å². The van der Waals surface area contributed by atoms with E-state index in [4.69, 9.17) is 9.15 Å². The average Bonchev–Trinajstić information content (AvgIpc) is 2.93. The highest BCUT2D eigenvalue weighted by molar-refractivity contribution is 7.80. The molecule has 116 valence electrons. The highest BCUT2D eigenvalue weighted by atomic mass is 32.1. The summed E-state index contributed by atoms with van der Waals surface area (Å²) in [4.78, 5) is 9.00. The van der Waals surface area contributed by atoms with Gasteiger partial charge in [0, 0.05) is 0 Å². The van der Waals surface area contributed by atoms with Gasteiger partial charge < -0.3 is 9.15 Å². The zero-order valence-electron chi connectivity index (χ0n) is 12.4. The Kier molecular flexibility index (Phi) is 5.16. The third kappa shape index (κ3) is 4.13. The maximum absolute atomic E-state index is 5.62. The van der Waals surface area contributed by atoms with E-state index in [1.54, 1.807) is 6.21 Å². The lowest BCUT2D eigenvalue weighted by Gasteiger charge is -2.16. The van der Waals surface area contributed by atoms with Crippen LogP contribution in [-0.2, 0) is 6.61 Å². The normalized spacial score (nSPS) is 16.2. The molecular weight excluding hydrogens is 296 g/mol. The summed E-state index contributed by atoms with van der Waals surface area (Å²) in [7, 11) is 0. The number of hydrogen-bond donors (Lipinski definition) is 1. The van der Waals surface area contributed by atoms with Crippen LogP contribution < -0.4 is 4.74 Å². The van der Waals surface area contributed by atoms with Gasteiger partial charge in [0.05, 0.1) is 12.3 Å². The quantitative estimate of drug-likeness (QED) is 0.661. The van der Waals surface area contributed by atoms with Crippen molar-refractivity contribution in [3.8, 4) is 5.75 Å². The molecule has 1 fully saturated rings. The molecule has 0 bridgehead atoms. The number of hydrogen-bond acceptors (Lipinski definition) is 5. The highest BCUT2D eigenvalue weighted by Gasteiger charge is 2.13. The van der Waals surface area contributed by atoms with Gasteiger partial charge in [-0.05, 0) is 25.0 Å². The number of rotatable bonds is 5. The van der Waals surface area contributed by atoms with Gasteiger partial charge in [-0.25, -0.2) is 4.98 Å². The van der Waals surface area contributed by atoms with E-state index in [0.717, 1.165) is 5.75 Å². The summed E-state index contributed by atoms with van der Waals surface area (Å²) in [5.74, 6) is 1.30. The molecule has 0 aliphatic heterocycles. The molecule has 1 aliphatic carbocycles. The second kappa shape index (κ2) is 7.49. The summed E-state index contributed by atoms with van der Waals surface area (Å²) < 4.78 is 11.1. The van der Waals surface area contributed by atoms with Crippen molar-refractivity contribution in [1.82, 2.24) is 4.98 Å². The molecule has 0 amide bonds. The van der Waals surface area contributed by atoms with Crippen molar-refractivity contribution in [3.63, 3.8) is 0 Å². The maximum Gasteiger partial charge on any atom is 0.234 e. The summed E-state index contributed by atoms with van der Waals surface area (Å²) >= 11 is 4.32. The van der Waals surface area contributed by atoms with Gasteiger partial charge >= 0.3 is 0 Å². The van der Waals surface area contributed by atoms with E-state index in [-0.39, 0.29) is 6.61 Å². The molecule has 3 rings (SSSR count). The molecule has 1 saturated carbocycles. The van der Waals surface area contributed by atoms with Crippen molar-refractivity contribution >= 4 is 18.8 Å². The van der Waals surface area contributed by atoms with E-state index in [2.05, 4.69) is 22.6 Å². The third-order valence-corrected chi connectivity index (χ3v) is 4.09. The van der Waals surface area contributed by atoms with Crippen LogP contribution in [0.4, 0.5) is 0 Å². The monoisotopic (exact) mass is 316 g/mol. The molecule has 1 aromatic carbocycles. The summed E-state index contributed by atoms with van der Waals surface area (Å²) in [6.45, 7) is 0.287. The lowest BCUT2D eigenvalue weighted by molar-refractivity contribution is 0.252. The predicted octanol–water partition coefficient (Wildman–Crippen LogP) is 4.29. The number of oxazole rings is 1. The fourth-order valence-electron chi connectivity index (χ4n) is 2.58. The first-order valence-corrected chi connectivity index (χ1v) is 8.15. The van der Waals surface area contributed by atoms with Gasteiger partial charge in [0.15, 0.2) is 11.7 Å². The summed E-state index contributed by atoms with van der Waals surface area (Å²) in [5, 5.41) is 0.492. The van der Waals surface area contributed by atoms with Crippen molar-refractivity contribution in [3.05, 3.63) is 41.9 Å². The largest absolute Gasteiger partial charge is 0.484 e. The Morgan fingerprint density at radius 2 is 2.00 bits per heavy atom. The molecule has 1 aliphatic rings. The van der Waals surface area contributed by atoms with Crippen LogP contribution in [0.2, 0.25) is 0 Å². The summed E-state index contributed by atoms with van der Waals surface area (Å²) in [6, 6.07) is 10.0. The Morgan fingerprint density at radius 3 is 2.77 bits per heavy atom. The first kappa shape index (κ1) is 15.2. The molecule has 0 atom stereocenters. The lowest BCUT2D eigenvalue weighted by Crippen LogP contribution is -2.09. The number of aliphatic imine (C=N–C) groups is 1. The van der Waals surface area contributed by atoms with Crippen LogP contribution in [0.5, 0.6) is 5.75 Å². The van der Waals surface area contributed by atoms with Gasteiger partial charge in [0.2, 0.25) is 5.89 Å². The van der Waals surface area contributed by atoms with E-state index in [9.17, 15) is 0 Å². The number of thiol groups is 1. The van der Waals surface area contributed by atoms with Crippen LogP contribution in [0.3, 0.4) is 0 Å². The Hall–Kier alpha value is -1.75. The minimum atomic E-state index is 0.287. The molecule has 1 aromatic heterocycles. The molecule has 0 N–H and O–H groups in total. The van der Waals surface area contributed by atoms with Gasteiger partial charge in [-0.2, -0.15) is 0 Å². The Morgan fingerprint density at radius 1 is 1.23 bits per heavy atom. The summed E-state index contributed by atoms with van der Waals surface area (Å²) in [6.07, 6.45) is 7.98. The first-order valence-electron chi connectivity index (χ1n) is 7.71. The molecule has 0 spiro atoms. The van der Waals surface area contributed by atoms with Crippen molar-refractivity contribution < 1.29 is 9.15 Å². The van der Waals surface area contributed by atoms with Crippen LogP contribution in [0.1, 0.15) is 43.7 Å². The number of benzene rings is 1. The SMILES string of the molecule is Sc1oc(COc2ccccc2)nc1C=NC1CCCCC1. The number of aromatic nitrogens is 1. The number of nitrogens with zero attached hydrogens (tertiary/aromatic N) is 2. The second-order valence-electron chi connectivity index (χ2n) is 5.47. The fourth-order valence-corrected chi connectivity index (χ4v) is 2.80. The molecule has 22 heavy (non-hydrogen) atoms. The maximum atomic E-state index is 5.62. The van der Waals surface area contributed by atoms with E-state index < -0.39 is 0 Å². The third-order valence-electron chi connectivity index (χ3n) is 3.77. The van der Waals surface area contributed by atoms with Crippen LogP contribution in [0.15, 0.2) is 44.8 Å². The Balaban J connectivity index is 1.59. The van der Waals surface area contributed by atoms with Gasteiger partial charge in [0.1, 0.15) is 11.4 Å². The van der Waals surface area contributed by atoms with Crippen LogP contribution in [0.25, 0.3) is 0 Å². The van der Waals surface area contributed by atoms with Gasteiger partial charge in [0.25, 0.3) is 0 Å². The van der Waals surface area contributed by atoms with Crippen LogP contribution in [-0.4, -0.2) is 17.2 Å². The minimum absolute atomic E-state index is 0.287. The molecular formula is C17H20N2O2S. The van der Waals surface area contributed by atoms with Crippen molar-refractivity contribution in [2.24, 2.45) is 4.99 Å². The fraction of sp³-hybridized carbons (Fsp3) is 0.412. The molecule has 2 aromatic rings. The minimum Gasteiger partial charge on any atom is -0.484 e. The van der Waals surface area contributed by atoms with Crippen molar-refractivity contribution in [1.29, 1.82) is 0 Å². The van der Waals surface area contributed by atoms with Gasteiger partial charge in [-0.1, -0.05) is 37.5 Å².